The molecular formula is C43H76NO9P. The number of phosphoric acid groups is 1. The van der Waals surface area contributed by atoms with E-state index < -0.39 is 32.5 Å². The van der Waals surface area contributed by atoms with Crippen LogP contribution in [0.3, 0.4) is 0 Å². The summed E-state index contributed by atoms with van der Waals surface area (Å²) in [5, 5.41) is 0. The average Bonchev–Trinajstić information content (AvgIpc) is 3.91. The fraction of sp³-hybridized carbons (Fsp3) is 0.767. The van der Waals surface area contributed by atoms with E-state index in [2.05, 4.69) is 56.4 Å². The number of ether oxygens (including phenoxy) is 3. The van der Waals surface area contributed by atoms with Gasteiger partial charge in [-0.05, 0) is 70.6 Å². The van der Waals surface area contributed by atoms with Crippen molar-refractivity contribution in [1.82, 2.24) is 0 Å². The standard InChI is InChI=1S/C43H76NO9P/c1-3-5-7-8-9-10-11-12-13-14-15-19-22-25-29-33-42(45)49-37-39(38-51-54(47,48)50-36-35-44)52-43(46)34-30-26-23-20-17-16-18-21-24-28-32-41-40(53-41)31-27-6-4-2/h12-13,16,18,20,23-24,28,39-41H,3-11,14-15,17,19,21-22,25-27,29-38,44H2,1-2H3,(H,47,48)/b13-12-,18-16-,23-20-,28-24-. The van der Waals surface area contributed by atoms with E-state index in [0.29, 0.717) is 31.5 Å². The highest BCUT2D eigenvalue weighted by Crippen LogP contribution is 2.43. The van der Waals surface area contributed by atoms with E-state index in [9.17, 15) is 19.0 Å². The van der Waals surface area contributed by atoms with E-state index in [4.69, 9.17) is 29.0 Å². The van der Waals surface area contributed by atoms with E-state index in [1.54, 1.807) is 0 Å². The van der Waals surface area contributed by atoms with Crippen LogP contribution >= 0.6 is 7.82 Å². The zero-order chi connectivity index (χ0) is 39.4. The highest BCUT2D eigenvalue weighted by atomic mass is 31.2. The maximum absolute atomic E-state index is 12.6. The molecule has 0 radical (unpaired) electrons. The van der Waals surface area contributed by atoms with Crippen molar-refractivity contribution in [2.24, 2.45) is 5.73 Å². The molecule has 1 rings (SSSR count). The van der Waals surface area contributed by atoms with Gasteiger partial charge in [-0.15, -0.1) is 0 Å². The van der Waals surface area contributed by atoms with Crippen molar-refractivity contribution in [3.63, 3.8) is 0 Å². The molecule has 1 saturated heterocycles. The van der Waals surface area contributed by atoms with Crippen LogP contribution in [0.1, 0.15) is 168 Å². The number of esters is 2. The molecule has 0 bridgehead atoms. The maximum Gasteiger partial charge on any atom is 0.472 e. The van der Waals surface area contributed by atoms with Gasteiger partial charge >= 0.3 is 19.8 Å². The third-order valence-electron chi connectivity index (χ3n) is 9.11. The Morgan fingerprint density at radius 1 is 0.667 bits per heavy atom. The molecule has 1 aliphatic rings. The molecule has 0 aromatic carbocycles. The normalized spacial score (nSPS) is 17.6. The van der Waals surface area contributed by atoms with Crippen LogP contribution in [-0.4, -0.2) is 61.5 Å². The lowest BCUT2D eigenvalue weighted by Gasteiger charge is -2.19. The Kier molecular flexibility index (Phi) is 32.7. The zero-order valence-electron chi connectivity index (χ0n) is 33.9. The van der Waals surface area contributed by atoms with Gasteiger partial charge in [0, 0.05) is 19.4 Å². The maximum atomic E-state index is 12.6. The Bertz CT molecular complexity index is 1090. The summed E-state index contributed by atoms with van der Waals surface area (Å²) < 4.78 is 38.4. The minimum atomic E-state index is -4.40. The second-order valence-corrected chi connectivity index (χ2v) is 15.7. The third kappa shape index (κ3) is 32.2. The van der Waals surface area contributed by atoms with Crippen LogP contribution < -0.4 is 5.73 Å². The van der Waals surface area contributed by atoms with Gasteiger partial charge in [0.2, 0.25) is 0 Å². The van der Waals surface area contributed by atoms with Crippen molar-refractivity contribution in [3.8, 4) is 0 Å². The molecular weight excluding hydrogens is 705 g/mol. The number of phosphoric ester groups is 1. The first-order valence-corrected chi connectivity index (χ1v) is 22.7. The van der Waals surface area contributed by atoms with Crippen LogP contribution in [-0.2, 0) is 37.4 Å². The fourth-order valence-electron chi connectivity index (χ4n) is 5.83. The molecule has 0 aromatic heterocycles. The number of rotatable bonds is 38. The van der Waals surface area contributed by atoms with Gasteiger partial charge in [0.1, 0.15) is 6.61 Å². The number of unbranched alkanes of at least 4 members (excludes halogenated alkanes) is 14. The third-order valence-corrected chi connectivity index (χ3v) is 10.1. The molecule has 10 nitrogen and oxygen atoms in total. The molecule has 0 amide bonds. The molecule has 1 heterocycles. The Morgan fingerprint density at radius 2 is 1.22 bits per heavy atom. The summed E-state index contributed by atoms with van der Waals surface area (Å²) >= 11 is 0. The van der Waals surface area contributed by atoms with Gasteiger partial charge in [-0.2, -0.15) is 0 Å². The molecule has 4 atom stereocenters. The van der Waals surface area contributed by atoms with Crippen molar-refractivity contribution in [3.05, 3.63) is 48.6 Å². The monoisotopic (exact) mass is 782 g/mol. The molecule has 54 heavy (non-hydrogen) atoms. The van der Waals surface area contributed by atoms with Gasteiger partial charge in [-0.3, -0.25) is 18.6 Å². The van der Waals surface area contributed by atoms with E-state index in [0.717, 1.165) is 51.4 Å². The first-order valence-electron chi connectivity index (χ1n) is 21.2. The van der Waals surface area contributed by atoms with E-state index >= 15 is 0 Å². The smallest absolute Gasteiger partial charge is 0.462 e. The molecule has 312 valence electrons. The molecule has 3 N–H and O–H groups in total. The number of carbonyl (C=O) groups is 2. The van der Waals surface area contributed by atoms with Crippen molar-refractivity contribution in [2.75, 3.05) is 26.4 Å². The first-order chi connectivity index (χ1) is 26.3. The number of nitrogens with two attached hydrogens (primary N) is 1. The van der Waals surface area contributed by atoms with Gasteiger partial charge in [0.15, 0.2) is 6.10 Å². The first kappa shape index (κ1) is 49.9. The predicted molar refractivity (Wildman–Crippen MR) is 219 cm³/mol. The minimum Gasteiger partial charge on any atom is -0.462 e. The Balaban J connectivity index is 2.23. The lowest BCUT2D eigenvalue weighted by atomic mass is 10.1. The van der Waals surface area contributed by atoms with Gasteiger partial charge in [-0.25, -0.2) is 4.57 Å². The van der Waals surface area contributed by atoms with E-state index in [1.807, 2.05) is 6.08 Å². The Labute approximate surface area is 328 Å². The van der Waals surface area contributed by atoms with Gasteiger partial charge in [0.05, 0.1) is 25.4 Å². The predicted octanol–water partition coefficient (Wildman–Crippen LogP) is 10.9. The SMILES string of the molecule is CCCCCCCC/C=C\CCCCCCCC(=O)OCC(COP(=O)(O)OCCN)OC(=O)CCC/C=C\C/C=C\C/C=C\CC1OC1CCCCC. The average molecular weight is 782 g/mol. The number of hydrogen-bond donors (Lipinski definition) is 2. The zero-order valence-corrected chi connectivity index (χ0v) is 34.8. The second-order valence-electron chi connectivity index (χ2n) is 14.2. The van der Waals surface area contributed by atoms with Crippen molar-refractivity contribution in [1.29, 1.82) is 0 Å². The summed E-state index contributed by atoms with van der Waals surface area (Å²) in [4.78, 5) is 34.8. The summed E-state index contributed by atoms with van der Waals surface area (Å²) in [6.07, 6.45) is 41.8. The lowest BCUT2D eigenvalue weighted by Crippen LogP contribution is -2.29. The van der Waals surface area contributed by atoms with Gasteiger partial charge in [-0.1, -0.05) is 133 Å². The van der Waals surface area contributed by atoms with Crippen LogP contribution in [0.4, 0.5) is 0 Å². The summed E-state index contributed by atoms with van der Waals surface area (Å²) in [6, 6.07) is 0. The summed E-state index contributed by atoms with van der Waals surface area (Å²) in [5.41, 5.74) is 5.34. The topological polar surface area (TPSA) is 147 Å². The van der Waals surface area contributed by atoms with Crippen LogP contribution in [0.25, 0.3) is 0 Å². The van der Waals surface area contributed by atoms with Crippen LogP contribution in [0.15, 0.2) is 48.6 Å². The summed E-state index contributed by atoms with van der Waals surface area (Å²) in [7, 11) is -4.40. The van der Waals surface area contributed by atoms with E-state index in [1.165, 1.54) is 70.6 Å². The number of allylic oxidation sites excluding steroid dienone is 7. The highest BCUT2D eigenvalue weighted by molar-refractivity contribution is 7.47. The Hall–Kier alpha value is -2.07. The fourth-order valence-corrected chi connectivity index (χ4v) is 6.60. The van der Waals surface area contributed by atoms with Gasteiger partial charge in [0.25, 0.3) is 0 Å². The van der Waals surface area contributed by atoms with Crippen LogP contribution in [0.5, 0.6) is 0 Å². The van der Waals surface area contributed by atoms with Crippen LogP contribution in [0.2, 0.25) is 0 Å². The largest absolute Gasteiger partial charge is 0.472 e. The van der Waals surface area contributed by atoms with Crippen LogP contribution in [0, 0.1) is 0 Å². The molecule has 0 saturated carbocycles. The van der Waals surface area contributed by atoms with Crippen molar-refractivity contribution >= 4 is 19.8 Å². The highest BCUT2D eigenvalue weighted by Gasteiger charge is 2.36. The quantitative estimate of drug-likeness (QED) is 0.0204. The second kappa shape index (κ2) is 35.4. The number of epoxide rings is 1. The molecule has 0 aromatic rings. The minimum absolute atomic E-state index is 0.0403. The molecule has 4 unspecified atom stereocenters. The molecule has 0 aliphatic carbocycles. The number of carbonyl (C=O) groups excluding carboxylic acids is 2. The summed E-state index contributed by atoms with van der Waals surface area (Å²) in [6.45, 7) is 3.61. The Morgan fingerprint density at radius 3 is 1.91 bits per heavy atom. The molecule has 1 aliphatic heterocycles. The van der Waals surface area contributed by atoms with Crippen molar-refractivity contribution < 1.29 is 42.3 Å². The molecule has 0 spiro atoms. The summed E-state index contributed by atoms with van der Waals surface area (Å²) in [5.74, 6) is -0.911. The molecule has 1 fully saturated rings. The van der Waals surface area contributed by atoms with Crippen molar-refractivity contribution in [2.45, 2.75) is 186 Å². The van der Waals surface area contributed by atoms with E-state index in [-0.39, 0.29) is 32.6 Å². The lowest BCUT2D eigenvalue weighted by molar-refractivity contribution is -0.161. The number of hydrogen-bond acceptors (Lipinski definition) is 9. The molecule has 11 heteroatoms. The van der Waals surface area contributed by atoms with Gasteiger partial charge < -0.3 is 24.8 Å².